The predicted molar refractivity (Wildman–Crippen MR) is 148 cm³/mol. The van der Waals surface area contributed by atoms with E-state index in [1.54, 1.807) is 44.2 Å². The van der Waals surface area contributed by atoms with Gasteiger partial charge in [0, 0.05) is 5.70 Å². The van der Waals surface area contributed by atoms with Gasteiger partial charge >= 0.3 is 12.0 Å². The quantitative estimate of drug-likeness (QED) is 0.194. The van der Waals surface area contributed by atoms with Gasteiger partial charge in [-0.1, -0.05) is 17.7 Å². The van der Waals surface area contributed by atoms with Crippen LogP contribution in [-0.2, 0) is 14.3 Å². The highest BCUT2D eigenvalue weighted by Crippen LogP contribution is 2.35. The molecule has 3 N–H and O–H groups in total. The number of halogens is 2. The summed E-state index contributed by atoms with van der Waals surface area (Å²) in [5.74, 6) is 0.0400. The number of ether oxygens (including phenoxy) is 4. The van der Waals surface area contributed by atoms with E-state index in [0.717, 1.165) is 0 Å². The molecule has 2 aromatic rings. The number of allylic oxidation sites excluding steroid dienone is 1. The normalized spacial score (nSPS) is 14.9. The maximum absolute atomic E-state index is 12.6. The van der Waals surface area contributed by atoms with E-state index in [1.165, 1.54) is 13.3 Å². The minimum absolute atomic E-state index is 0.185. The van der Waals surface area contributed by atoms with E-state index in [0.29, 0.717) is 44.4 Å². The van der Waals surface area contributed by atoms with Gasteiger partial charge in [-0.05, 0) is 72.1 Å². The van der Waals surface area contributed by atoms with Crippen LogP contribution in [0.15, 0.2) is 51.2 Å². The Morgan fingerprint density at radius 2 is 1.92 bits per heavy atom. The standard InChI is InChI=1S/C26H28BrClN4O7/c1-5-37-24-17(27)9-15(10-18(24)28)12-29-32-21(33)13-39-19-8-7-16(11-20(19)36-4)23-22(25(34)38-6-2)14(3)30-26(35)31-23/h7-12,23H,5-6,13H2,1-4H3,(H,32,33)(H2,30,31,35)/b29-12-/t23-/m0/s1. The number of rotatable bonds is 11. The van der Waals surface area contributed by atoms with Crippen molar-refractivity contribution < 1.29 is 33.3 Å². The molecule has 0 saturated heterocycles. The molecule has 0 fully saturated rings. The molecule has 11 nitrogen and oxygen atoms in total. The second-order valence-electron chi connectivity index (χ2n) is 8.03. The van der Waals surface area contributed by atoms with Crippen LogP contribution in [0.25, 0.3) is 0 Å². The molecule has 13 heteroatoms. The van der Waals surface area contributed by atoms with E-state index in [-0.39, 0.29) is 24.5 Å². The molecular weight excluding hydrogens is 596 g/mol. The summed E-state index contributed by atoms with van der Waals surface area (Å²) in [4.78, 5) is 36.9. The number of nitrogens with zero attached hydrogens (tertiary/aromatic N) is 1. The lowest BCUT2D eigenvalue weighted by Crippen LogP contribution is -2.45. The minimum Gasteiger partial charge on any atom is -0.493 e. The Bertz CT molecular complexity index is 1290. The maximum Gasteiger partial charge on any atom is 0.338 e. The van der Waals surface area contributed by atoms with Crippen LogP contribution >= 0.6 is 27.5 Å². The molecule has 3 amide bonds. The van der Waals surface area contributed by atoms with E-state index >= 15 is 0 Å². The molecule has 1 aliphatic rings. The summed E-state index contributed by atoms with van der Waals surface area (Å²) < 4.78 is 22.3. The van der Waals surface area contributed by atoms with E-state index in [1.807, 2.05) is 6.92 Å². The van der Waals surface area contributed by atoms with E-state index in [2.05, 4.69) is 37.1 Å². The second-order valence-corrected chi connectivity index (χ2v) is 9.29. The Morgan fingerprint density at radius 3 is 2.59 bits per heavy atom. The Morgan fingerprint density at radius 1 is 1.15 bits per heavy atom. The van der Waals surface area contributed by atoms with Gasteiger partial charge in [0.05, 0.1) is 47.6 Å². The van der Waals surface area contributed by atoms with Crippen LogP contribution in [0, 0.1) is 0 Å². The zero-order valence-electron chi connectivity index (χ0n) is 21.7. The van der Waals surface area contributed by atoms with Crippen LogP contribution < -0.4 is 30.3 Å². The number of urea groups is 1. The fraction of sp³-hybridized carbons (Fsp3) is 0.308. The van der Waals surface area contributed by atoms with Gasteiger partial charge in [0.1, 0.15) is 0 Å². The van der Waals surface area contributed by atoms with Gasteiger partial charge in [-0.15, -0.1) is 0 Å². The van der Waals surface area contributed by atoms with Crippen molar-refractivity contribution in [2.75, 3.05) is 26.9 Å². The summed E-state index contributed by atoms with van der Waals surface area (Å²) in [6, 6.07) is 7.04. The third-order valence-corrected chi connectivity index (χ3v) is 6.23. The van der Waals surface area contributed by atoms with Crippen molar-refractivity contribution in [3.8, 4) is 17.2 Å². The summed E-state index contributed by atoms with van der Waals surface area (Å²) >= 11 is 9.63. The summed E-state index contributed by atoms with van der Waals surface area (Å²) in [6.07, 6.45) is 1.43. The van der Waals surface area contributed by atoms with Crippen LogP contribution in [0.5, 0.6) is 17.2 Å². The second kappa shape index (κ2) is 13.9. The van der Waals surface area contributed by atoms with Crippen molar-refractivity contribution in [3.63, 3.8) is 0 Å². The molecule has 1 aliphatic heterocycles. The lowest BCUT2D eigenvalue weighted by Gasteiger charge is -2.28. The molecule has 39 heavy (non-hydrogen) atoms. The number of hydrogen-bond acceptors (Lipinski definition) is 8. The zero-order valence-corrected chi connectivity index (χ0v) is 24.1. The lowest BCUT2D eigenvalue weighted by atomic mass is 9.95. The van der Waals surface area contributed by atoms with Crippen LogP contribution in [-0.4, -0.2) is 51.1 Å². The van der Waals surface area contributed by atoms with Gasteiger partial charge in [-0.25, -0.2) is 15.0 Å². The molecule has 0 bridgehead atoms. The fourth-order valence-electron chi connectivity index (χ4n) is 3.70. The number of methoxy groups -OCH3 is 1. The molecular formula is C26H28BrClN4O7. The molecule has 0 aromatic heterocycles. The summed E-state index contributed by atoms with van der Waals surface area (Å²) in [6.45, 7) is 5.48. The number of benzene rings is 2. The van der Waals surface area contributed by atoms with Gasteiger partial charge in [-0.2, -0.15) is 5.10 Å². The topological polar surface area (TPSA) is 137 Å². The van der Waals surface area contributed by atoms with Gasteiger partial charge in [-0.3, -0.25) is 4.79 Å². The number of hydrogen-bond donors (Lipinski definition) is 3. The first-order valence-electron chi connectivity index (χ1n) is 11.9. The number of nitrogens with one attached hydrogen (secondary N) is 3. The number of carbonyl (C=O) groups excluding carboxylic acids is 3. The Labute approximate surface area is 239 Å². The van der Waals surface area contributed by atoms with Crippen molar-refractivity contribution >= 4 is 51.7 Å². The van der Waals surface area contributed by atoms with E-state index < -0.39 is 23.9 Å². The molecule has 208 valence electrons. The number of hydrazone groups is 1. The Kier molecular flexibility index (Phi) is 10.6. The number of carbonyl (C=O) groups is 3. The smallest absolute Gasteiger partial charge is 0.338 e. The Balaban J connectivity index is 1.67. The molecule has 0 aliphatic carbocycles. The van der Waals surface area contributed by atoms with Crippen molar-refractivity contribution in [1.29, 1.82) is 0 Å². The van der Waals surface area contributed by atoms with Crippen molar-refractivity contribution in [2.45, 2.75) is 26.8 Å². The summed E-state index contributed by atoms with van der Waals surface area (Å²) in [5.41, 5.74) is 4.24. The highest BCUT2D eigenvalue weighted by molar-refractivity contribution is 9.10. The molecule has 3 rings (SSSR count). The third kappa shape index (κ3) is 7.64. The minimum atomic E-state index is -0.769. The lowest BCUT2D eigenvalue weighted by molar-refractivity contribution is -0.139. The van der Waals surface area contributed by atoms with Crippen LogP contribution in [0.3, 0.4) is 0 Å². The third-order valence-electron chi connectivity index (χ3n) is 5.36. The first-order valence-corrected chi connectivity index (χ1v) is 13.0. The van der Waals surface area contributed by atoms with Gasteiger partial charge < -0.3 is 29.6 Å². The fourth-order valence-corrected chi connectivity index (χ4v) is 4.69. The van der Waals surface area contributed by atoms with Gasteiger partial charge in [0.25, 0.3) is 5.91 Å². The largest absolute Gasteiger partial charge is 0.493 e. The molecule has 0 spiro atoms. The SMILES string of the molecule is CCOC(=O)C1=C(C)NC(=O)N[C@H]1c1ccc(OCC(=O)N/N=C\c2cc(Cl)c(OCC)c(Br)c2)c(OC)c1. The van der Waals surface area contributed by atoms with E-state index in [9.17, 15) is 14.4 Å². The van der Waals surface area contributed by atoms with Crippen molar-refractivity contribution in [1.82, 2.24) is 16.1 Å². The van der Waals surface area contributed by atoms with Gasteiger partial charge in [0.15, 0.2) is 23.9 Å². The molecule has 0 unspecified atom stereocenters. The van der Waals surface area contributed by atoms with Gasteiger partial charge in [0.2, 0.25) is 0 Å². The maximum atomic E-state index is 12.6. The monoisotopic (exact) mass is 622 g/mol. The molecule has 1 atom stereocenters. The van der Waals surface area contributed by atoms with Crippen LogP contribution in [0.4, 0.5) is 4.79 Å². The zero-order chi connectivity index (χ0) is 28.5. The molecule has 0 radical (unpaired) electrons. The molecule has 2 aromatic carbocycles. The molecule has 0 saturated carbocycles. The highest BCUT2D eigenvalue weighted by atomic mass is 79.9. The van der Waals surface area contributed by atoms with E-state index in [4.69, 9.17) is 30.5 Å². The van der Waals surface area contributed by atoms with Crippen molar-refractivity contribution in [3.05, 3.63) is 62.2 Å². The average molecular weight is 624 g/mol. The number of amides is 3. The van der Waals surface area contributed by atoms with Crippen LogP contribution in [0.2, 0.25) is 5.02 Å². The number of esters is 1. The molecule has 1 heterocycles. The average Bonchev–Trinajstić information content (AvgIpc) is 2.89. The summed E-state index contributed by atoms with van der Waals surface area (Å²) in [5, 5.41) is 9.64. The van der Waals surface area contributed by atoms with Crippen LogP contribution in [0.1, 0.15) is 37.9 Å². The Hall–Kier alpha value is -3.77. The van der Waals surface area contributed by atoms with Crippen molar-refractivity contribution in [2.24, 2.45) is 5.10 Å². The summed E-state index contributed by atoms with van der Waals surface area (Å²) in [7, 11) is 1.44. The highest BCUT2D eigenvalue weighted by Gasteiger charge is 2.32. The predicted octanol–water partition coefficient (Wildman–Crippen LogP) is 4.23. The first-order chi connectivity index (χ1) is 18.7. The first kappa shape index (κ1) is 29.8.